The van der Waals surface area contributed by atoms with Crippen molar-refractivity contribution in [1.29, 1.82) is 0 Å². The van der Waals surface area contributed by atoms with Crippen LogP contribution in [0, 0.1) is 5.92 Å². The van der Waals surface area contributed by atoms with Crippen LogP contribution in [0.5, 0.6) is 0 Å². The first kappa shape index (κ1) is 14.0. The fraction of sp³-hybridized carbons (Fsp3) is 0.833. The van der Waals surface area contributed by atoms with Crippen molar-refractivity contribution >= 4 is 11.9 Å². The molecule has 0 aromatic heterocycles. The van der Waals surface area contributed by atoms with E-state index in [0.29, 0.717) is 19.5 Å². The van der Waals surface area contributed by atoms with Gasteiger partial charge in [0.05, 0.1) is 11.5 Å². The maximum Gasteiger partial charge on any atom is 0.308 e. The molecule has 1 N–H and O–H groups in total. The average Bonchev–Trinajstić information content (AvgIpc) is 2.25. The monoisotopic (exact) mass is 243 g/mol. The van der Waals surface area contributed by atoms with Crippen LogP contribution in [0.2, 0.25) is 0 Å². The number of nitrogens with zero attached hydrogens (tertiary/aromatic N) is 1. The molecule has 1 fully saturated rings. The molecule has 0 radical (unpaired) electrons. The van der Waals surface area contributed by atoms with E-state index in [1.165, 1.54) is 0 Å². The summed E-state index contributed by atoms with van der Waals surface area (Å²) >= 11 is 0. The Labute approximate surface area is 102 Å². The molecule has 0 aromatic carbocycles. The Balaban J connectivity index is 2.44. The molecule has 98 valence electrons. The predicted octanol–water partition coefficient (Wildman–Crippen LogP) is 1.12. The maximum absolute atomic E-state index is 11.8. The van der Waals surface area contributed by atoms with Crippen LogP contribution in [0.3, 0.4) is 0 Å². The fourth-order valence-electron chi connectivity index (χ4n) is 1.77. The highest BCUT2D eigenvalue weighted by atomic mass is 16.5. The van der Waals surface area contributed by atoms with Gasteiger partial charge >= 0.3 is 5.97 Å². The van der Waals surface area contributed by atoms with E-state index in [1.54, 1.807) is 4.90 Å². The first-order chi connectivity index (χ1) is 7.79. The van der Waals surface area contributed by atoms with E-state index in [0.717, 1.165) is 6.42 Å². The van der Waals surface area contributed by atoms with Crippen LogP contribution < -0.4 is 0 Å². The fourth-order valence-corrected chi connectivity index (χ4v) is 1.77. The second kappa shape index (κ2) is 5.49. The number of aliphatic carboxylic acids is 1. The number of carboxylic acid groups (broad SMARTS) is 1. The topological polar surface area (TPSA) is 66.8 Å². The lowest BCUT2D eigenvalue weighted by Crippen LogP contribution is -2.44. The van der Waals surface area contributed by atoms with Gasteiger partial charge in [0.25, 0.3) is 0 Å². The number of piperidine rings is 1. The molecule has 0 spiro atoms. The minimum atomic E-state index is -0.820. The lowest BCUT2D eigenvalue weighted by molar-refractivity contribution is -0.149. The highest BCUT2D eigenvalue weighted by Crippen LogP contribution is 2.17. The van der Waals surface area contributed by atoms with E-state index in [4.69, 9.17) is 9.84 Å². The SMILES string of the molecule is CC(C)(C)OCC(=O)N1CCCC(C(=O)O)C1. The zero-order chi connectivity index (χ0) is 13.1. The lowest BCUT2D eigenvalue weighted by atomic mass is 9.98. The predicted molar refractivity (Wildman–Crippen MR) is 62.6 cm³/mol. The molecule has 1 aliphatic heterocycles. The summed E-state index contributed by atoms with van der Waals surface area (Å²) in [6.45, 7) is 6.62. The first-order valence-corrected chi connectivity index (χ1v) is 5.94. The van der Waals surface area contributed by atoms with Crippen LogP contribution in [0.4, 0.5) is 0 Å². The van der Waals surface area contributed by atoms with Crippen LogP contribution in [-0.4, -0.2) is 47.2 Å². The molecule has 5 heteroatoms. The van der Waals surface area contributed by atoms with E-state index < -0.39 is 11.9 Å². The number of carbonyl (C=O) groups excluding carboxylic acids is 1. The third-order valence-electron chi connectivity index (χ3n) is 2.75. The van der Waals surface area contributed by atoms with Crippen molar-refractivity contribution in [3.8, 4) is 0 Å². The molecular formula is C12H21NO4. The van der Waals surface area contributed by atoms with Crippen molar-refractivity contribution in [1.82, 2.24) is 4.90 Å². The van der Waals surface area contributed by atoms with Crippen LogP contribution in [0.15, 0.2) is 0 Å². The number of hydrogen-bond donors (Lipinski definition) is 1. The lowest BCUT2D eigenvalue weighted by Gasteiger charge is -2.31. The van der Waals surface area contributed by atoms with Gasteiger partial charge in [-0.15, -0.1) is 0 Å². The number of hydrogen-bond acceptors (Lipinski definition) is 3. The van der Waals surface area contributed by atoms with Crippen LogP contribution in [0.1, 0.15) is 33.6 Å². The molecule has 1 amide bonds. The van der Waals surface area contributed by atoms with Gasteiger partial charge in [-0.25, -0.2) is 0 Å². The van der Waals surface area contributed by atoms with Crippen molar-refractivity contribution in [3.63, 3.8) is 0 Å². The molecule has 5 nitrogen and oxygen atoms in total. The van der Waals surface area contributed by atoms with Gasteiger partial charge in [-0.2, -0.15) is 0 Å². The Bertz CT molecular complexity index is 295. The van der Waals surface area contributed by atoms with E-state index in [9.17, 15) is 9.59 Å². The molecule has 1 rings (SSSR count). The standard InChI is InChI=1S/C12H21NO4/c1-12(2,3)17-8-10(14)13-6-4-5-9(7-13)11(15)16/h9H,4-8H2,1-3H3,(H,15,16). The van der Waals surface area contributed by atoms with E-state index >= 15 is 0 Å². The zero-order valence-electron chi connectivity index (χ0n) is 10.7. The first-order valence-electron chi connectivity index (χ1n) is 5.94. The molecule has 0 aromatic rings. The molecule has 1 atom stereocenters. The smallest absolute Gasteiger partial charge is 0.308 e. The molecule has 1 unspecified atom stereocenters. The molecule has 0 saturated carbocycles. The van der Waals surface area contributed by atoms with Crippen LogP contribution in [-0.2, 0) is 14.3 Å². The summed E-state index contributed by atoms with van der Waals surface area (Å²) in [5.41, 5.74) is -0.350. The van der Waals surface area contributed by atoms with Crippen molar-refractivity contribution in [3.05, 3.63) is 0 Å². The second-order valence-corrected chi connectivity index (χ2v) is 5.42. The summed E-state index contributed by atoms with van der Waals surface area (Å²) in [5, 5.41) is 8.93. The van der Waals surface area contributed by atoms with Gasteiger partial charge in [0.15, 0.2) is 0 Å². The van der Waals surface area contributed by atoms with Crippen LogP contribution >= 0.6 is 0 Å². The van der Waals surface area contributed by atoms with Gasteiger partial charge in [0.1, 0.15) is 6.61 Å². The normalized spacial score (nSPS) is 21.4. The number of rotatable bonds is 3. The minimum absolute atomic E-state index is 0.0236. The second-order valence-electron chi connectivity index (χ2n) is 5.42. The van der Waals surface area contributed by atoms with Crippen molar-refractivity contribution in [2.75, 3.05) is 19.7 Å². The molecule has 17 heavy (non-hydrogen) atoms. The third-order valence-corrected chi connectivity index (χ3v) is 2.75. The van der Waals surface area contributed by atoms with Crippen LogP contribution in [0.25, 0.3) is 0 Å². The molecule has 1 saturated heterocycles. The minimum Gasteiger partial charge on any atom is -0.481 e. The Hall–Kier alpha value is -1.10. The summed E-state index contributed by atoms with van der Waals surface area (Å²) in [7, 11) is 0. The van der Waals surface area contributed by atoms with Gasteiger partial charge in [-0.3, -0.25) is 9.59 Å². The van der Waals surface area contributed by atoms with E-state index in [-0.39, 0.29) is 18.1 Å². The van der Waals surface area contributed by atoms with Gasteiger partial charge in [0.2, 0.25) is 5.91 Å². The molecule has 1 aliphatic rings. The number of likely N-dealkylation sites (tertiary alicyclic amines) is 1. The average molecular weight is 243 g/mol. The van der Waals surface area contributed by atoms with Crippen molar-refractivity contribution in [2.24, 2.45) is 5.92 Å². The number of carboxylic acids is 1. The van der Waals surface area contributed by atoms with Gasteiger partial charge in [-0.1, -0.05) is 0 Å². The zero-order valence-corrected chi connectivity index (χ0v) is 10.7. The van der Waals surface area contributed by atoms with Gasteiger partial charge in [0, 0.05) is 13.1 Å². The molecular weight excluding hydrogens is 222 g/mol. The molecule has 0 aliphatic carbocycles. The highest BCUT2D eigenvalue weighted by molar-refractivity contribution is 5.79. The maximum atomic E-state index is 11.8. The summed E-state index contributed by atoms with van der Waals surface area (Å²) < 4.78 is 5.40. The summed E-state index contributed by atoms with van der Waals surface area (Å²) in [6, 6.07) is 0. The summed E-state index contributed by atoms with van der Waals surface area (Å²) in [6.07, 6.45) is 1.40. The van der Waals surface area contributed by atoms with E-state index in [2.05, 4.69) is 0 Å². The number of carbonyl (C=O) groups is 2. The molecule has 0 bridgehead atoms. The number of amides is 1. The van der Waals surface area contributed by atoms with E-state index in [1.807, 2.05) is 20.8 Å². The Morgan fingerprint density at radius 3 is 2.59 bits per heavy atom. The van der Waals surface area contributed by atoms with Crippen molar-refractivity contribution in [2.45, 2.75) is 39.2 Å². The quantitative estimate of drug-likeness (QED) is 0.806. The largest absolute Gasteiger partial charge is 0.481 e. The summed E-state index contributed by atoms with van der Waals surface area (Å²) in [4.78, 5) is 24.3. The van der Waals surface area contributed by atoms with Crippen molar-refractivity contribution < 1.29 is 19.4 Å². The van der Waals surface area contributed by atoms with Gasteiger partial charge < -0.3 is 14.7 Å². The summed E-state index contributed by atoms with van der Waals surface area (Å²) in [5.74, 6) is -1.37. The Kier molecular flexibility index (Phi) is 4.51. The number of ether oxygens (including phenoxy) is 1. The highest BCUT2D eigenvalue weighted by Gasteiger charge is 2.28. The van der Waals surface area contributed by atoms with Gasteiger partial charge in [-0.05, 0) is 33.6 Å². The molecule has 1 heterocycles. The third kappa shape index (κ3) is 4.73. The Morgan fingerprint density at radius 2 is 2.06 bits per heavy atom. The Morgan fingerprint density at radius 1 is 1.41 bits per heavy atom.